The summed E-state index contributed by atoms with van der Waals surface area (Å²) in [6, 6.07) is 5.91. The van der Waals surface area contributed by atoms with Crippen LogP contribution in [-0.2, 0) is 0 Å². The van der Waals surface area contributed by atoms with Gasteiger partial charge in [-0.2, -0.15) is 4.39 Å². The fraction of sp³-hybridized carbons (Fsp3) is 0.133. The Labute approximate surface area is 140 Å². The standard InChI is InChI=1S/C15H10ClFN2O5/c16-10-5-8(6-13-14(10)24-4-3-23-13)15(20)18-9-1-2-11(17)12(7-9)19(21)22/h1-2,5-7H,3-4H2,(H,18,20). The van der Waals surface area contributed by atoms with Gasteiger partial charge in [0.1, 0.15) is 13.2 Å². The van der Waals surface area contributed by atoms with Gasteiger partial charge in [-0.3, -0.25) is 14.9 Å². The lowest BCUT2D eigenvalue weighted by molar-refractivity contribution is -0.387. The van der Waals surface area contributed by atoms with Crippen molar-refractivity contribution in [3.8, 4) is 11.5 Å². The summed E-state index contributed by atoms with van der Waals surface area (Å²) >= 11 is 6.06. The van der Waals surface area contributed by atoms with Gasteiger partial charge in [0, 0.05) is 17.3 Å². The number of carbonyl (C=O) groups excluding carboxylic acids is 1. The number of nitrogens with zero attached hydrogens (tertiary/aromatic N) is 1. The average Bonchev–Trinajstić information content (AvgIpc) is 2.56. The first-order valence-electron chi connectivity index (χ1n) is 6.80. The third kappa shape index (κ3) is 3.09. The van der Waals surface area contributed by atoms with E-state index in [1.165, 1.54) is 18.2 Å². The summed E-state index contributed by atoms with van der Waals surface area (Å²) in [5, 5.41) is 13.4. The number of nitro groups is 1. The maximum atomic E-state index is 13.3. The zero-order valence-corrected chi connectivity index (χ0v) is 12.8. The largest absolute Gasteiger partial charge is 0.486 e. The van der Waals surface area contributed by atoms with Gasteiger partial charge in [-0.05, 0) is 24.3 Å². The van der Waals surface area contributed by atoms with Crippen LogP contribution >= 0.6 is 11.6 Å². The van der Waals surface area contributed by atoms with Gasteiger partial charge in [-0.15, -0.1) is 0 Å². The van der Waals surface area contributed by atoms with Crippen LogP contribution in [0.1, 0.15) is 10.4 Å². The Balaban J connectivity index is 1.87. The van der Waals surface area contributed by atoms with Crippen molar-refractivity contribution in [1.82, 2.24) is 0 Å². The number of ether oxygens (including phenoxy) is 2. The molecule has 1 heterocycles. The van der Waals surface area contributed by atoms with Gasteiger partial charge in [-0.1, -0.05) is 11.6 Å². The van der Waals surface area contributed by atoms with Crippen LogP contribution in [0.2, 0.25) is 5.02 Å². The third-order valence-corrected chi connectivity index (χ3v) is 3.54. The molecule has 0 saturated heterocycles. The van der Waals surface area contributed by atoms with E-state index >= 15 is 0 Å². The van der Waals surface area contributed by atoms with E-state index in [9.17, 15) is 19.3 Å². The summed E-state index contributed by atoms with van der Waals surface area (Å²) in [5.74, 6) is -0.865. The number of carbonyl (C=O) groups is 1. The third-order valence-electron chi connectivity index (χ3n) is 3.26. The van der Waals surface area contributed by atoms with E-state index in [1.807, 2.05) is 0 Å². The maximum absolute atomic E-state index is 13.3. The molecule has 9 heteroatoms. The summed E-state index contributed by atoms with van der Waals surface area (Å²) in [7, 11) is 0. The Morgan fingerprint density at radius 3 is 2.75 bits per heavy atom. The number of rotatable bonds is 3. The highest BCUT2D eigenvalue weighted by Gasteiger charge is 2.20. The van der Waals surface area contributed by atoms with E-state index in [1.54, 1.807) is 0 Å². The van der Waals surface area contributed by atoms with Gasteiger partial charge in [-0.25, -0.2) is 0 Å². The topological polar surface area (TPSA) is 90.7 Å². The van der Waals surface area contributed by atoms with Crippen molar-refractivity contribution in [2.24, 2.45) is 0 Å². The molecule has 124 valence electrons. The summed E-state index contributed by atoms with van der Waals surface area (Å²) < 4.78 is 24.1. The minimum Gasteiger partial charge on any atom is -0.486 e. The number of fused-ring (bicyclic) bond motifs is 1. The molecule has 0 unspecified atom stereocenters. The Kier molecular flexibility index (Phi) is 4.22. The number of nitrogens with one attached hydrogen (secondary N) is 1. The van der Waals surface area contributed by atoms with Gasteiger partial charge >= 0.3 is 5.69 Å². The average molecular weight is 353 g/mol. The molecule has 2 aromatic rings. The van der Waals surface area contributed by atoms with Crippen LogP contribution in [0.4, 0.5) is 15.8 Å². The van der Waals surface area contributed by atoms with E-state index in [0.717, 1.165) is 12.1 Å². The molecule has 7 nitrogen and oxygen atoms in total. The van der Waals surface area contributed by atoms with Crippen molar-refractivity contribution in [3.05, 3.63) is 56.8 Å². The number of benzene rings is 2. The van der Waals surface area contributed by atoms with Gasteiger partial charge in [0.2, 0.25) is 5.82 Å². The van der Waals surface area contributed by atoms with Gasteiger partial charge in [0.15, 0.2) is 11.5 Å². The molecule has 1 aliphatic heterocycles. The van der Waals surface area contributed by atoms with E-state index in [2.05, 4.69) is 5.32 Å². The fourth-order valence-electron chi connectivity index (χ4n) is 2.18. The van der Waals surface area contributed by atoms with E-state index < -0.39 is 22.3 Å². The molecule has 0 saturated carbocycles. The van der Waals surface area contributed by atoms with Crippen LogP contribution in [-0.4, -0.2) is 24.0 Å². The van der Waals surface area contributed by atoms with Gasteiger partial charge < -0.3 is 14.8 Å². The Morgan fingerprint density at radius 2 is 2.00 bits per heavy atom. The number of hydrogen-bond donors (Lipinski definition) is 1. The van der Waals surface area contributed by atoms with Crippen LogP contribution in [0, 0.1) is 15.9 Å². The van der Waals surface area contributed by atoms with Gasteiger partial charge in [0.25, 0.3) is 5.91 Å². The second-order valence-electron chi connectivity index (χ2n) is 4.86. The second kappa shape index (κ2) is 6.32. The quantitative estimate of drug-likeness (QED) is 0.675. The monoisotopic (exact) mass is 352 g/mol. The van der Waals surface area contributed by atoms with Crippen molar-refractivity contribution in [1.29, 1.82) is 0 Å². The molecule has 24 heavy (non-hydrogen) atoms. The first-order chi connectivity index (χ1) is 11.5. The molecule has 1 aliphatic rings. The van der Waals surface area contributed by atoms with E-state index in [-0.39, 0.29) is 16.3 Å². The molecule has 3 rings (SSSR count). The van der Waals surface area contributed by atoms with Crippen molar-refractivity contribution in [3.63, 3.8) is 0 Å². The Hall–Kier alpha value is -2.87. The molecule has 0 spiro atoms. The predicted molar refractivity (Wildman–Crippen MR) is 83.4 cm³/mol. The number of hydrogen-bond acceptors (Lipinski definition) is 5. The van der Waals surface area contributed by atoms with Crippen molar-refractivity contribution >= 4 is 28.9 Å². The normalized spacial score (nSPS) is 12.6. The lowest BCUT2D eigenvalue weighted by atomic mass is 10.1. The summed E-state index contributed by atoms with van der Waals surface area (Å²) in [6.07, 6.45) is 0. The highest BCUT2D eigenvalue weighted by Crippen LogP contribution is 2.38. The van der Waals surface area contributed by atoms with Crippen molar-refractivity contribution < 1.29 is 23.6 Å². The summed E-state index contributed by atoms with van der Waals surface area (Å²) in [4.78, 5) is 22.2. The molecule has 0 aliphatic carbocycles. The second-order valence-corrected chi connectivity index (χ2v) is 5.27. The lowest BCUT2D eigenvalue weighted by Crippen LogP contribution is -2.17. The van der Waals surface area contributed by atoms with Crippen LogP contribution in [0.15, 0.2) is 30.3 Å². The predicted octanol–water partition coefficient (Wildman–Crippen LogP) is 3.41. The van der Waals surface area contributed by atoms with Crippen LogP contribution in [0.3, 0.4) is 0 Å². The fourth-order valence-corrected chi connectivity index (χ4v) is 2.44. The number of anilines is 1. The zero-order valence-electron chi connectivity index (χ0n) is 12.0. The highest BCUT2D eigenvalue weighted by atomic mass is 35.5. The van der Waals surface area contributed by atoms with Crippen LogP contribution in [0.25, 0.3) is 0 Å². The molecule has 0 atom stereocenters. The molecule has 1 amide bonds. The summed E-state index contributed by atoms with van der Waals surface area (Å²) in [5.41, 5.74) is -0.469. The number of nitro benzene ring substituents is 1. The Morgan fingerprint density at radius 1 is 1.25 bits per heavy atom. The van der Waals surface area contributed by atoms with E-state index in [4.69, 9.17) is 21.1 Å². The first-order valence-corrected chi connectivity index (χ1v) is 7.18. The van der Waals surface area contributed by atoms with E-state index in [0.29, 0.717) is 24.7 Å². The molecule has 0 aromatic heterocycles. The minimum atomic E-state index is -0.986. The molecule has 2 aromatic carbocycles. The number of amides is 1. The molecular formula is C15H10ClFN2O5. The van der Waals surface area contributed by atoms with Gasteiger partial charge in [0.05, 0.1) is 9.95 Å². The van der Waals surface area contributed by atoms with Crippen molar-refractivity contribution in [2.75, 3.05) is 18.5 Å². The summed E-state index contributed by atoms with van der Waals surface area (Å²) in [6.45, 7) is 0.691. The van der Waals surface area contributed by atoms with Crippen LogP contribution in [0.5, 0.6) is 11.5 Å². The SMILES string of the molecule is O=C(Nc1ccc(F)c([N+](=O)[O-])c1)c1cc(Cl)c2c(c1)OCCO2. The lowest BCUT2D eigenvalue weighted by Gasteiger charge is -2.20. The highest BCUT2D eigenvalue weighted by molar-refractivity contribution is 6.32. The molecular weight excluding hydrogens is 343 g/mol. The first kappa shape index (κ1) is 16.0. The molecule has 1 N–H and O–H groups in total. The number of halogens is 2. The zero-order chi connectivity index (χ0) is 17.3. The molecule has 0 fully saturated rings. The molecule has 0 radical (unpaired) electrons. The smallest absolute Gasteiger partial charge is 0.306 e. The Bertz CT molecular complexity index is 843. The minimum absolute atomic E-state index is 0.0825. The maximum Gasteiger partial charge on any atom is 0.306 e. The van der Waals surface area contributed by atoms with Crippen LogP contribution < -0.4 is 14.8 Å². The molecule has 0 bridgehead atoms. The van der Waals surface area contributed by atoms with Crippen molar-refractivity contribution in [2.45, 2.75) is 0 Å².